The molecule has 1 saturated heterocycles. The quantitative estimate of drug-likeness (QED) is 0.853. The van der Waals surface area contributed by atoms with Gasteiger partial charge in [0.1, 0.15) is 0 Å². The number of nitrogens with zero attached hydrogens (tertiary/aromatic N) is 1. The maximum Gasteiger partial charge on any atom is 0.327 e. The van der Waals surface area contributed by atoms with Crippen LogP contribution in [0.25, 0.3) is 0 Å². The summed E-state index contributed by atoms with van der Waals surface area (Å²) >= 11 is 0. The van der Waals surface area contributed by atoms with Gasteiger partial charge < -0.3 is 9.84 Å². The van der Waals surface area contributed by atoms with Gasteiger partial charge in [-0.1, -0.05) is 29.8 Å². The Morgan fingerprint density at radius 2 is 2.18 bits per heavy atom. The predicted molar refractivity (Wildman–Crippen MR) is 82.0 cm³/mol. The van der Waals surface area contributed by atoms with Crippen molar-refractivity contribution in [1.82, 2.24) is 4.31 Å². The van der Waals surface area contributed by atoms with Gasteiger partial charge in [-0.25, -0.2) is 8.42 Å². The number of hydrogen-bond acceptors (Lipinski definition) is 4. The van der Waals surface area contributed by atoms with Crippen LogP contribution in [0.5, 0.6) is 0 Å². The first-order valence-corrected chi connectivity index (χ1v) is 8.71. The van der Waals surface area contributed by atoms with Crippen molar-refractivity contribution in [3.05, 3.63) is 35.4 Å². The zero-order valence-corrected chi connectivity index (χ0v) is 13.6. The van der Waals surface area contributed by atoms with E-state index in [-0.39, 0.29) is 25.3 Å². The first-order valence-electron chi connectivity index (χ1n) is 7.10. The Hall–Kier alpha value is -1.44. The minimum Gasteiger partial charge on any atom is -0.480 e. The number of carboxylic acids is 1. The highest BCUT2D eigenvalue weighted by molar-refractivity contribution is 7.88. The van der Waals surface area contributed by atoms with E-state index in [2.05, 4.69) is 0 Å². The van der Waals surface area contributed by atoms with Crippen molar-refractivity contribution in [1.29, 1.82) is 0 Å². The molecular weight excluding hydrogens is 306 g/mol. The largest absolute Gasteiger partial charge is 0.480 e. The molecule has 122 valence electrons. The van der Waals surface area contributed by atoms with Crippen molar-refractivity contribution in [3.8, 4) is 0 Å². The van der Waals surface area contributed by atoms with Crippen LogP contribution in [-0.2, 0) is 25.3 Å². The van der Waals surface area contributed by atoms with Crippen molar-refractivity contribution >= 4 is 16.0 Å². The molecule has 0 radical (unpaired) electrons. The lowest BCUT2D eigenvalue weighted by Gasteiger charge is -2.33. The number of ether oxygens (including phenoxy) is 1. The lowest BCUT2D eigenvalue weighted by Crippen LogP contribution is -2.56. The summed E-state index contributed by atoms with van der Waals surface area (Å²) < 4.78 is 31.5. The molecule has 1 aromatic rings. The third-order valence-electron chi connectivity index (χ3n) is 3.98. The van der Waals surface area contributed by atoms with Crippen LogP contribution in [0.2, 0.25) is 0 Å². The van der Waals surface area contributed by atoms with Crippen molar-refractivity contribution in [2.75, 3.05) is 20.3 Å². The first kappa shape index (κ1) is 16.9. The average Bonchev–Trinajstić information content (AvgIpc) is 2.84. The molecule has 1 aliphatic rings. The number of benzene rings is 1. The molecule has 6 nitrogen and oxygen atoms in total. The molecule has 0 bridgehead atoms. The Kier molecular flexibility index (Phi) is 4.89. The van der Waals surface area contributed by atoms with Gasteiger partial charge in [0.25, 0.3) is 0 Å². The van der Waals surface area contributed by atoms with E-state index in [9.17, 15) is 18.3 Å². The summed E-state index contributed by atoms with van der Waals surface area (Å²) in [5.41, 5.74) is 0.136. The summed E-state index contributed by atoms with van der Waals surface area (Å²) in [4.78, 5) is 11.7. The fraction of sp³-hybridized carbons (Fsp3) is 0.533. The highest BCUT2D eigenvalue weighted by Gasteiger charge is 2.53. The Morgan fingerprint density at radius 3 is 2.77 bits per heavy atom. The minimum absolute atomic E-state index is 0.143. The van der Waals surface area contributed by atoms with E-state index in [4.69, 9.17) is 4.74 Å². The molecular formula is C15H21NO5S. The van der Waals surface area contributed by atoms with Gasteiger partial charge in [-0.05, 0) is 25.3 Å². The number of rotatable bonds is 6. The Labute approximate surface area is 130 Å². The van der Waals surface area contributed by atoms with Gasteiger partial charge in [-0.15, -0.1) is 0 Å². The van der Waals surface area contributed by atoms with Gasteiger partial charge in [0.15, 0.2) is 5.54 Å². The zero-order chi connectivity index (χ0) is 16.4. The van der Waals surface area contributed by atoms with Gasteiger partial charge in [0, 0.05) is 13.7 Å². The Balaban J connectivity index is 2.33. The van der Waals surface area contributed by atoms with Gasteiger partial charge in [-0.2, -0.15) is 4.31 Å². The molecule has 1 aromatic carbocycles. The molecule has 1 aliphatic heterocycles. The van der Waals surface area contributed by atoms with Crippen molar-refractivity contribution < 1.29 is 23.1 Å². The van der Waals surface area contributed by atoms with E-state index in [0.717, 1.165) is 9.87 Å². The van der Waals surface area contributed by atoms with E-state index in [0.29, 0.717) is 12.0 Å². The molecule has 22 heavy (non-hydrogen) atoms. The van der Waals surface area contributed by atoms with Gasteiger partial charge in [0.2, 0.25) is 10.0 Å². The molecule has 0 amide bonds. The summed E-state index contributed by atoms with van der Waals surface area (Å²) in [6.45, 7) is 1.96. The van der Waals surface area contributed by atoms with Crippen LogP contribution < -0.4 is 0 Å². The molecule has 7 heteroatoms. The highest BCUT2D eigenvalue weighted by atomic mass is 32.2. The van der Waals surface area contributed by atoms with Crippen LogP contribution in [0.3, 0.4) is 0 Å². The Bertz CT molecular complexity index is 658. The standard InChI is InChI=1S/C15H21NO5S/c1-12-5-3-6-13(9-12)10-22(19,20)16-8-4-7-15(16,11-21-2)14(17)18/h3,5-6,9H,4,7-8,10-11H2,1-2H3,(H,17,18). The summed E-state index contributed by atoms with van der Waals surface area (Å²) in [5, 5.41) is 9.55. The average molecular weight is 327 g/mol. The number of methoxy groups -OCH3 is 1. The molecule has 1 heterocycles. The van der Waals surface area contributed by atoms with Crippen LogP contribution in [0.15, 0.2) is 24.3 Å². The summed E-state index contributed by atoms with van der Waals surface area (Å²) in [5.74, 6) is -1.35. The first-order chi connectivity index (χ1) is 10.3. The van der Waals surface area contributed by atoms with E-state index >= 15 is 0 Å². The fourth-order valence-corrected chi connectivity index (χ4v) is 4.93. The summed E-state index contributed by atoms with van der Waals surface area (Å²) in [6, 6.07) is 7.22. The van der Waals surface area contributed by atoms with Gasteiger partial charge >= 0.3 is 5.97 Å². The molecule has 0 aliphatic carbocycles. The molecule has 0 aromatic heterocycles. The number of carboxylic acid groups (broad SMARTS) is 1. The van der Waals surface area contributed by atoms with Crippen LogP contribution in [0, 0.1) is 6.92 Å². The lowest BCUT2D eigenvalue weighted by atomic mass is 9.99. The molecule has 0 saturated carbocycles. The predicted octanol–water partition coefficient (Wildman–Crippen LogP) is 1.39. The van der Waals surface area contributed by atoms with Gasteiger partial charge in [0.05, 0.1) is 12.4 Å². The second-order valence-corrected chi connectivity index (χ2v) is 7.58. The zero-order valence-electron chi connectivity index (χ0n) is 12.8. The third kappa shape index (κ3) is 3.16. The number of sulfonamides is 1. The number of carbonyl (C=O) groups is 1. The third-order valence-corrected chi connectivity index (χ3v) is 5.88. The molecule has 1 N–H and O–H groups in total. The molecule has 2 rings (SSSR count). The van der Waals surface area contributed by atoms with Crippen LogP contribution in [0.4, 0.5) is 0 Å². The monoisotopic (exact) mass is 327 g/mol. The molecule has 1 unspecified atom stereocenters. The summed E-state index contributed by atoms with van der Waals surface area (Å²) in [6.07, 6.45) is 0.784. The van der Waals surface area contributed by atoms with E-state index < -0.39 is 21.5 Å². The SMILES string of the molecule is COCC1(C(=O)O)CCCN1S(=O)(=O)Cc1cccc(C)c1. The fourth-order valence-electron chi connectivity index (χ4n) is 3.01. The molecule has 0 spiro atoms. The van der Waals surface area contributed by atoms with Crippen molar-refractivity contribution in [3.63, 3.8) is 0 Å². The van der Waals surface area contributed by atoms with E-state index in [1.165, 1.54) is 7.11 Å². The minimum atomic E-state index is -3.73. The number of hydrogen-bond donors (Lipinski definition) is 1. The van der Waals surface area contributed by atoms with E-state index in [1.54, 1.807) is 18.2 Å². The Morgan fingerprint density at radius 1 is 1.45 bits per heavy atom. The van der Waals surface area contributed by atoms with Crippen molar-refractivity contribution in [2.45, 2.75) is 31.1 Å². The number of aliphatic carboxylic acids is 1. The lowest BCUT2D eigenvalue weighted by molar-refractivity contribution is -0.150. The maximum atomic E-state index is 12.7. The number of aryl methyl sites for hydroxylation is 1. The molecule has 1 fully saturated rings. The topological polar surface area (TPSA) is 83.9 Å². The molecule has 1 atom stereocenters. The van der Waals surface area contributed by atoms with Gasteiger partial charge in [-0.3, -0.25) is 4.79 Å². The smallest absolute Gasteiger partial charge is 0.327 e. The van der Waals surface area contributed by atoms with Crippen LogP contribution in [0.1, 0.15) is 24.0 Å². The second-order valence-electron chi connectivity index (χ2n) is 5.69. The summed E-state index contributed by atoms with van der Waals surface area (Å²) in [7, 11) is -2.35. The van der Waals surface area contributed by atoms with E-state index in [1.807, 2.05) is 13.0 Å². The van der Waals surface area contributed by atoms with Crippen LogP contribution >= 0.6 is 0 Å². The second kappa shape index (κ2) is 6.36. The maximum absolute atomic E-state index is 12.7. The highest BCUT2D eigenvalue weighted by Crippen LogP contribution is 2.34. The van der Waals surface area contributed by atoms with Crippen LogP contribution in [-0.4, -0.2) is 49.6 Å². The normalized spacial score (nSPS) is 22.8. The van der Waals surface area contributed by atoms with Crippen molar-refractivity contribution in [2.24, 2.45) is 0 Å².